The summed E-state index contributed by atoms with van der Waals surface area (Å²) >= 11 is -0.175. The maximum Gasteiger partial charge on any atom is 0.446 e. The van der Waals surface area contributed by atoms with Crippen LogP contribution in [0.3, 0.4) is 0 Å². The van der Waals surface area contributed by atoms with E-state index >= 15 is 0 Å². The van der Waals surface area contributed by atoms with Crippen LogP contribution in [0.5, 0.6) is 0 Å². The van der Waals surface area contributed by atoms with Crippen LogP contribution in [0.25, 0.3) is 0 Å². The van der Waals surface area contributed by atoms with Crippen LogP contribution in [0.4, 0.5) is 23.7 Å². The molecule has 1 aromatic carbocycles. The Morgan fingerprint density at radius 3 is 2.28 bits per heavy atom. The van der Waals surface area contributed by atoms with Gasteiger partial charge in [0.05, 0.1) is 0 Å². The summed E-state index contributed by atoms with van der Waals surface area (Å²) in [5, 5.41) is 5.80. The van der Waals surface area contributed by atoms with E-state index in [4.69, 9.17) is 0 Å². The Hall–Kier alpha value is -1.37. The molecule has 0 saturated heterocycles. The number of carbonyl (C=O) groups is 1. The van der Waals surface area contributed by atoms with Crippen molar-refractivity contribution < 1.29 is 18.0 Å². The highest BCUT2D eigenvalue weighted by Gasteiger charge is 2.48. The fourth-order valence-electron chi connectivity index (χ4n) is 5.25. The number of thioether (sulfide) groups is 1. The van der Waals surface area contributed by atoms with Crippen molar-refractivity contribution in [3.63, 3.8) is 0 Å². The number of halogens is 3. The van der Waals surface area contributed by atoms with Crippen LogP contribution in [0, 0.1) is 23.7 Å². The summed E-state index contributed by atoms with van der Waals surface area (Å²) in [6.07, 6.45) is 6.17. The Balaban J connectivity index is 1.37. The van der Waals surface area contributed by atoms with Gasteiger partial charge in [0.15, 0.2) is 0 Å². The molecule has 2 amide bonds. The highest BCUT2D eigenvalue weighted by Crippen LogP contribution is 2.53. The van der Waals surface area contributed by atoms with Crippen molar-refractivity contribution in [2.24, 2.45) is 23.7 Å². The van der Waals surface area contributed by atoms with Crippen molar-refractivity contribution in [2.75, 3.05) is 5.32 Å². The van der Waals surface area contributed by atoms with Crippen LogP contribution < -0.4 is 10.6 Å². The second-order valence-corrected chi connectivity index (χ2v) is 8.77. The molecule has 4 bridgehead atoms. The van der Waals surface area contributed by atoms with Crippen molar-refractivity contribution in [1.29, 1.82) is 0 Å². The van der Waals surface area contributed by atoms with Crippen LogP contribution in [0.2, 0.25) is 0 Å². The second kappa shape index (κ2) is 6.41. The van der Waals surface area contributed by atoms with Crippen molar-refractivity contribution >= 4 is 23.5 Å². The molecule has 4 aliphatic carbocycles. The topological polar surface area (TPSA) is 41.1 Å². The average molecular weight is 370 g/mol. The maximum absolute atomic E-state index is 12.5. The number of urea groups is 1. The summed E-state index contributed by atoms with van der Waals surface area (Å²) in [5.74, 6) is 2.79. The third-order valence-electron chi connectivity index (χ3n) is 5.85. The zero-order valence-corrected chi connectivity index (χ0v) is 14.5. The summed E-state index contributed by atoms with van der Waals surface area (Å²) in [5.41, 5.74) is -3.95. The van der Waals surface area contributed by atoms with Gasteiger partial charge in [0.1, 0.15) is 0 Å². The Kier molecular flexibility index (Phi) is 4.38. The summed E-state index contributed by atoms with van der Waals surface area (Å²) in [4.78, 5) is 12.4. The van der Waals surface area contributed by atoms with Gasteiger partial charge in [0, 0.05) is 16.6 Å². The monoisotopic (exact) mass is 370 g/mol. The van der Waals surface area contributed by atoms with Gasteiger partial charge in [-0.1, -0.05) is 6.07 Å². The molecular weight excluding hydrogens is 349 g/mol. The lowest BCUT2D eigenvalue weighted by molar-refractivity contribution is -0.0328. The SMILES string of the molecule is O=C(Nc1cccc(SC(F)(F)F)c1)NC1C2CC3CC(C2)CC1C3. The Morgan fingerprint density at radius 1 is 1.04 bits per heavy atom. The predicted octanol–water partition coefficient (Wildman–Crippen LogP) is 5.24. The molecular formula is C18H21F3N2OS. The third-order valence-corrected chi connectivity index (χ3v) is 6.57. The minimum Gasteiger partial charge on any atom is -0.335 e. The predicted molar refractivity (Wildman–Crippen MR) is 91.3 cm³/mol. The van der Waals surface area contributed by atoms with Gasteiger partial charge in [-0.05, 0) is 85.7 Å². The van der Waals surface area contributed by atoms with Gasteiger partial charge >= 0.3 is 11.5 Å². The molecule has 2 N–H and O–H groups in total. The van der Waals surface area contributed by atoms with Crippen LogP contribution in [-0.4, -0.2) is 17.6 Å². The van der Waals surface area contributed by atoms with Crippen LogP contribution >= 0.6 is 11.8 Å². The lowest BCUT2D eigenvalue weighted by atomic mass is 9.54. The number of rotatable bonds is 3. The van der Waals surface area contributed by atoms with E-state index in [1.54, 1.807) is 6.07 Å². The number of benzene rings is 1. The molecule has 5 rings (SSSR count). The summed E-state index contributed by atoms with van der Waals surface area (Å²) < 4.78 is 37.4. The zero-order chi connectivity index (χ0) is 17.6. The first kappa shape index (κ1) is 17.1. The van der Waals surface area contributed by atoms with Gasteiger partial charge in [-0.15, -0.1) is 0 Å². The van der Waals surface area contributed by atoms with Gasteiger partial charge in [0.2, 0.25) is 0 Å². The Bertz CT molecular complexity index is 636. The van der Waals surface area contributed by atoms with Crippen molar-refractivity contribution in [1.82, 2.24) is 5.32 Å². The normalized spacial score (nSPS) is 33.3. The van der Waals surface area contributed by atoms with E-state index in [0.717, 1.165) is 11.8 Å². The molecule has 0 radical (unpaired) electrons. The number of nitrogens with one attached hydrogen (secondary N) is 2. The van der Waals surface area contributed by atoms with Crippen LogP contribution in [-0.2, 0) is 0 Å². The van der Waals surface area contributed by atoms with Gasteiger partial charge in [0.25, 0.3) is 0 Å². The van der Waals surface area contributed by atoms with E-state index in [0.29, 0.717) is 17.5 Å². The molecule has 0 atom stereocenters. The summed E-state index contributed by atoms with van der Waals surface area (Å²) in [7, 11) is 0. The third kappa shape index (κ3) is 3.91. The number of carbonyl (C=O) groups excluding carboxylic acids is 1. The minimum atomic E-state index is -4.33. The van der Waals surface area contributed by atoms with Gasteiger partial charge in [-0.2, -0.15) is 13.2 Å². The van der Waals surface area contributed by atoms with E-state index in [2.05, 4.69) is 10.6 Å². The summed E-state index contributed by atoms with van der Waals surface area (Å²) in [6, 6.07) is 5.77. The Morgan fingerprint density at radius 2 is 1.68 bits per heavy atom. The Labute approximate surface area is 149 Å². The van der Waals surface area contributed by atoms with Gasteiger partial charge in [-0.3, -0.25) is 0 Å². The molecule has 0 unspecified atom stereocenters. The van der Waals surface area contributed by atoms with Crippen molar-refractivity contribution in [3.8, 4) is 0 Å². The van der Waals surface area contributed by atoms with Crippen molar-refractivity contribution in [3.05, 3.63) is 24.3 Å². The van der Waals surface area contributed by atoms with Gasteiger partial charge in [-0.25, -0.2) is 4.79 Å². The molecule has 0 aromatic heterocycles. The second-order valence-electron chi connectivity index (χ2n) is 7.63. The molecule has 0 heterocycles. The van der Waals surface area contributed by atoms with E-state index in [9.17, 15) is 18.0 Å². The first-order valence-electron chi connectivity index (χ1n) is 8.79. The molecule has 1 aromatic rings. The van der Waals surface area contributed by atoms with Crippen LogP contribution in [0.1, 0.15) is 32.1 Å². The van der Waals surface area contributed by atoms with E-state index in [1.165, 1.54) is 50.3 Å². The molecule has 25 heavy (non-hydrogen) atoms. The smallest absolute Gasteiger partial charge is 0.335 e. The molecule has 136 valence electrons. The van der Waals surface area contributed by atoms with E-state index in [-0.39, 0.29) is 28.7 Å². The number of hydrogen-bond donors (Lipinski definition) is 2. The molecule has 0 spiro atoms. The zero-order valence-electron chi connectivity index (χ0n) is 13.7. The van der Waals surface area contributed by atoms with E-state index < -0.39 is 5.51 Å². The lowest BCUT2D eigenvalue weighted by Crippen LogP contribution is -2.56. The molecule has 7 heteroatoms. The van der Waals surface area contributed by atoms with Crippen LogP contribution in [0.15, 0.2) is 29.2 Å². The highest BCUT2D eigenvalue weighted by molar-refractivity contribution is 8.00. The van der Waals surface area contributed by atoms with Crippen molar-refractivity contribution in [2.45, 2.75) is 48.5 Å². The average Bonchev–Trinajstić information content (AvgIpc) is 2.49. The number of anilines is 1. The fourth-order valence-corrected chi connectivity index (χ4v) is 5.85. The molecule has 4 aliphatic rings. The number of alkyl halides is 3. The molecule has 4 fully saturated rings. The highest BCUT2D eigenvalue weighted by atomic mass is 32.2. The summed E-state index contributed by atoms with van der Waals surface area (Å²) in [6.45, 7) is 0. The van der Waals surface area contributed by atoms with Gasteiger partial charge < -0.3 is 10.6 Å². The first-order chi connectivity index (χ1) is 11.9. The lowest BCUT2D eigenvalue weighted by Gasteiger charge is -2.54. The fraction of sp³-hybridized carbons (Fsp3) is 0.611. The maximum atomic E-state index is 12.5. The molecule has 3 nitrogen and oxygen atoms in total. The standard InChI is InChI=1S/C18H21F3N2OS/c19-18(20,21)25-15-3-1-2-14(9-15)22-17(24)23-16-12-5-10-4-11(7-12)8-13(16)6-10/h1-3,9-13,16H,4-8H2,(H2,22,23,24). The molecule has 0 aliphatic heterocycles. The number of amides is 2. The minimum absolute atomic E-state index is 0.0694. The quantitative estimate of drug-likeness (QED) is 0.714. The first-order valence-corrected chi connectivity index (χ1v) is 9.61. The van der Waals surface area contributed by atoms with E-state index in [1.807, 2.05) is 0 Å². The molecule has 4 saturated carbocycles. The largest absolute Gasteiger partial charge is 0.446 e. The number of hydrogen-bond acceptors (Lipinski definition) is 2.